The van der Waals surface area contributed by atoms with Crippen molar-refractivity contribution in [2.75, 3.05) is 13.7 Å². The fourth-order valence-electron chi connectivity index (χ4n) is 1.29. The highest BCUT2D eigenvalue weighted by atomic mass is 19.4. The highest BCUT2D eigenvalue weighted by Crippen LogP contribution is 2.36. The van der Waals surface area contributed by atoms with E-state index in [1.165, 1.54) is 7.11 Å². The van der Waals surface area contributed by atoms with Crippen molar-refractivity contribution in [2.45, 2.75) is 19.2 Å². The quantitative estimate of drug-likeness (QED) is 0.899. The molecule has 0 heterocycles. The van der Waals surface area contributed by atoms with Gasteiger partial charge in [0.1, 0.15) is 12.4 Å². The topological polar surface area (TPSA) is 55.8 Å². The van der Waals surface area contributed by atoms with Crippen molar-refractivity contribution >= 4 is 5.97 Å². The molecular formula is C12H13F3O4. The second-order valence-corrected chi connectivity index (χ2v) is 3.87. The molecule has 0 fully saturated rings. The Morgan fingerprint density at radius 2 is 2.05 bits per heavy atom. The normalized spacial score (nSPS) is 13.1. The fourth-order valence-corrected chi connectivity index (χ4v) is 1.29. The standard InChI is InChI=1S/C12H13F3O4/c1-7(18-2)6-19-10-4-3-8(11(16)17)5-9(10)12(13,14)15/h3-5,7H,6H2,1-2H3,(H,16,17). The van der Waals surface area contributed by atoms with Gasteiger partial charge in [-0.15, -0.1) is 0 Å². The van der Waals surface area contributed by atoms with Gasteiger partial charge in [0.25, 0.3) is 0 Å². The summed E-state index contributed by atoms with van der Waals surface area (Å²) in [4.78, 5) is 10.7. The van der Waals surface area contributed by atoms with Gasteiger partial charge >= 0.3 is 12.1 Å². The van der Waals surface area contributed by atoms with Crippen LogP contribution in [0.15, 0.2) is 18.2 Å². The molecule has 0 aliphatic rings. The molecule has 7 heteroatoms. The lowest BCUT2D eigenvalue weighted by molar-refractivity contribution is -0.139. The van der Waals surface area contributed by atoms with Crippen LogP contribution in [0, 0.1) is 0 Å². The van der Waals surface area contributed by atoms with Crippen LogP contribution in [0.2, 0.25) is 0 Å². The molecule has 1 aromatic rings. The summed E-state index contributed by atoms with van der Waals surface area (Å²) in [5.74, 6) is -1.84. The molecule has 1 N–H and O–H groups in total. The third kappa shape index (κ3) is 4.13. The Morgan fingerprint density at radius 3 is 2.53 bits per heavy atom. The van der Waals surface area contributed by atoms with Crippen LogP contribution in [-0.4, -0.2) is 30.9 Å². The average molecular weight is 278 g/mol. The van der Waals surface area contributed by atoms with Crippen LogP contribution in [0.1, 0.15) is 22.8 Å². The first-order valence-corrected chi connectivity index (χ1v) is 5.36. The van der Waals surface area contributed by atoms with E-state index in [-0.39, 0.29) is 12.7 Å². The van der Waals surface area contributed by atoms with E-state index in [0.717, 1.165) is 12.1 Å². The van der Waals surface area contributed by atoms with Crippen molar-refractivity contribution < 1.29 is 32.5 Å². The largest absolute Gasteiger partial charge is 0.490 e. The van der Waals surface area contributed by atoms with Crippen molar-refractivity contribution in [1.82, 2.24) is 0 Å². The summed E-state index contributed by atoms with van der Waals surface area (Å²) in [5.41, 5.74) is -1.56. The smallest absolute Gasteiger partial charge is 0.419 e. The highest BCUT2D eigenvalue weighted by Gasteiger charge is 2.35. The van der Waals surface area contributed by atoms with Gasteiger partial charge in [-0.1, -0.05) is 0 Å². The number of rotatable bonds is 5. The molecule has 0 saturated heterocycles. The maximum absolute atomic E-state index is 12.8. The molecule has 4 nitrogen and oxygen atoms in total. The molecule has 0 amide bonds. The number of carbonyl (C=O) groups is 1. The second kappa shape index (κ2) is 5.92. The lowest BCUT2D eigenvalue weighted by atomic mass is 10.1. The first-order chi connectivity index (χ1) is 8.75. The Balaban J connectivity index is 3.06. The van der Waals surface area contributed by atoms with E-state index < -0.39 is 29.0 Å². The maximum atomic E-state index is 12.8. The molecule has 1 aromatic carbocycles. The molecule has 0 aliphatic carbocycles. The van der Waals surface area contributed by atoms with Gasteiger partial charge in [0.15, 0.2) is 0 Å². The molecule has 1 unspecified atom stereocenters. The second-order valence-electron chi connectivity index (χ2n) is 3.87. The number of hydrogen-bond donors (Lipinski definition) is 1. The molecule has 0 bridgehead atoms. The van der Waals surface area contributed by atoms with E-state index in [1.54, 1.807) is 6.92 Å². The first-order valence-electron chi connectivity index (χ1n) is 5.36. The van der Waals surface area contributed by atoms with E-state index in [0.29, 0.717) is 6.07 Å². The molecule has 0 aromatic heterocycles. The Hall–Kier alpha value is -1.76. The van der Waals surface area contributed by atoms with E-state index in [1.807, 2.05) is 0 Å². The Morgan fingerprint density at radius 1 is 1.42 bits per heavy atom. The van der Waals surface area contributed by atoms with E-state index >= 15 is 0 Å². The summed E-state index contributed by atoms with van der Waals surface area (Å²) in [6.45, 7) is 1.57. The van der Waals surface area contributed by atoms with Crippen LogP contribution in [0.3, 0.4) is 0 Å². The highest BCUT2D eigenvalue weighted by molar-refractivity contribution is 5.88. The van der Waals surface area contributed by atoms with Gasteiger partial charge in [0.05, 0.1) is 17.2 Å². The number of carboxylic acids is 1. The summed E-state index contributed by atoms with van der Waals surface area (Å²) in [7, 11) is 1.41. The van der Waals surface area contributed by atoms with E-state index in [4.69, 9.17) is 14.6 Å². The summed E-state index contributed by atoms with van der Waals surface area (Å²) in [6, 6.07) is 2.61. The van der Waals surface area contributed by atoms with E-state index in [9.17, 15) is 18.0 Å². The van der Waals surface area contributed by atoms with Crippen LogP contribution < -0.4 is 4.74 Å². The average Bonchev–Trinajstić information content (AvgIpc) is 2.34. The van der Waals surface area contributed by atoms with Crippen molar-refractivity contribution in [3.63, 3.8) is 0 Å². The number of halogens is 3. The zero-order chi connectivity index (χ0) is 14.6. The number of ether oxygens (including phenoxy) is 2. The van der Waals surface area contributed by atoms with Gasteiger partial charge in [-0.3, -0.25) is 0 Å². The monoisotopic (exact) mass is 278 g/mol. The maximum Gasteiger partial charge on any atom is 0.419 e. The number of benzene rings is 1. The summed E-state index contributed by atoms with van der Waals surface area (Å²) in [5, 5.41) is 8.69. The fraction of sp³-hybridized carbons (Fsp3) is 0.417. The number of aromatic carboxylic acids is 1. The SMILES string of the molecule is COC(C)COc1ccc(C(=O)O)cc1C(F)(F)F. The van der Waals surface area contributed by atoms with Gasteiger partial charge < -0.3 is 14.6 Å². The van der Waals surface area contributed by atoms with Gasteiger partial charge in [0.2, 0.25) is 0 Å². The first kappa shape index (κ1) is 15.3. The number of carboxylic acid groups (broad SMARTS) is 1. The molecule has 0 radical (unpaired) electrons. The Kier molecular flexibility index (Phi) is 4.77. The molecule has 1 rings (SSSR count). The minimum Gasteiger partial charge on any atom is -0.490 e. The Labute approximate surface area is 107 Å². The predicted molar refractivity (Wildman–Crippen MR) is 60.4 cm³/mol. The van der Waals surface area contributed by atoms with Gasteiger partial charge in [-0.05, 0) is 25.1 Å². The van der Waals surface area contributed by atoms with Crippen LogP contribution in [0.4, 0.5) is 13.2 Å². The third-order valence-corrected chi connectivity index (χ3v) is 2.41. The molecule has 19 heavy (non-hydrogen) atoms. The lowest BCUT2D eigenvalue weighted by Gasteiger charge is -2.16. The van der Waals surface area contributed by atoms with Crippen LogP contribution >= 0.6 is 0 Å². The van der Waals surface area contributed by atoms with Crippen molar-refractivity contribution in [3.05, 3.63) is 29.3 Å². The van der Waals surface area contributed by atoms with Crippen molar-refractivity contribution in [1.29, 1.82) is 0 Å². The zero-order valence-corrected chi connectivity index (χ0v) is 10.3. The number of methoxy groups -OCH3 is 1. The van der Waals surface area contributed by atoms with Crippen LogP contribution in [0.25, 0.3) is 0 Å². The van der Waals surface area contributed by atoms with Crippen LogP contribution in [0.5, 0.6) is 5.75 Å². The van der Waals surface area contributed by atoms with Gasteiger partial charge in [-0.2, -0.15) is 13.2 Å². The minimum absolute atomic E-state index is 0.0635. The molecular weight excluding hydrogens is 265 g/mol. The Bertz CT molecular complexity index is 457. The van der Waals surface area contributed by atoms with Crippen LogP contribution in [-0.2, 0) is 10.9 Å². The molecule has 0 spiro atoms. The van der Waals surface area contributed by atoms with Gasteiger partial charge in [-0.25, -0.2) is 4.79 Å². The summed E-state index contributed by atoms with van der Waals surface area (Å²) >= 11 is 0. The summed E-state index contributed by atoms with van der Waals surface area (Å²) in [6.07, 6.45) is -5.06. The molecule has 1 atom stereocenters. The molecule has 0 saturated carbocycles. The number of hydrogen-bond acceptors (Lipinski definition) is 3. The summed E-state index contributed by atoms with van der Waals surface area (Å²) < 4.78 is 48.3. The minimum atomic E-state index is -4.68. The van der Waals surface area contributed by atoms with E-state index in [2.05, 4.69) is 0 Å². The molecule has 106 valence electrons. The molecule has 0 aliphatic heterocycles. The number of alkyl halides is 3. The van der Waals surface area contributed by atoms with Crippen molar-refractivity contribution in [3.8, 4) is 5.75 Å². The predicted octanol–water partition coefficient (Wildman–Crippen LogP) is 2.82. The van der Waals surface area contributed by atoms with Crippen molar-refractivity contribution in [2.24, 2.45) is 0 Å². The zero-order valence-electron chi connectivity index (χ0n) is 10.3. The van der Waals surface area contributed by atoms with Gasteiger partial charge in [0, 0.05) is 7.11 Å². The lowest BCUT2D eigenvalue weighted by Crippen LogP contribution is -2.18. The third-order valence-electron chi connectivity index (χ3n) is 2.41.